The van der Waals surface area contributed by atoms with Gasteiger partial charge in [-0.05, 0) is 18.9 Å². The second-order valence-corrected chi connectivity index (χ2v) is 5.62. The van der Waals surface area contributed by atoms with Gasteiger partial charge in [0.15, 0.2) is 0 Å². The highest BCUT2D eigenvalue weighted by Crippen LogP contribution is 2.21. The van der Waals surface area contributed by atoms with E-state index in [2.05, 4.69) is 4.72 Å². The summed E-state index contributed by atoms with van der Waals surface area (Å²) in [5.74, 6) is -2.13. The molecule has 0 saturated heterocycles. The fraction of sp³-hybridized carbons (Fsp3) is 0.455. The number of halogens is 2. The molecule has 0 heterocycles. The third kappa shape index (κ3) is 3.17. The van der Waals surface area contributed by atoms with Crippen molar-refractivity contribution in [1.29, 1.82) is 0 Å². The maximum atomic E-state index is 13.5. The molecule has 0 bridgehead atoms. The van der Waals surface area contributed by atoms with Crippen molar-refractivity contribution in [2.45, 2.75) is 37.6 Å². The molecule has 0 atom stereocenters. The molecule has 0 radical (unpaired) electrons. The summed E-state index contributed by atoms with van der Waals surface area (Å²) in [6.45, 7) is 3.62. The van der Waals surface area contributed by atoms with Gasteiger partial charge in [-0.3, -0.25) is 0 Å². The van der Waals surface area contributed by atoms with Crippen LogP contribution in [0.2, 0.25) is 0 Å². The first-order valence-corrected chi connectivity index (χ1v) is 7.07. The molecule has 0 aliphatic heterocycles. The van der Waals surface area contributed by atoms with Crippen LogP contribution in [0.15, 0.2) is 17.0 Å². The topological polar surface area (TPSA) is 72.2 Å². The summed E-state index contributed by atoms with van der Waals surface area (Å²) >= 11 is 0. The quantitative estimate of drug-likeness (QED) is 0.809. The highest BCUT2D eigenvalue weighted by molar-refractivity contribution is 7.89. The molecule has 7 heteroatoms. The van der Waals surface area contributed by atoms with Crippen molar-refractivity contribution in [3.63, 3.8) is 0 Å². The largest absolute Gasteiger partial charge is 0.396 e. The molecule has 102 valence electrons. The second-order valence-electron chi connectivity index (χ2n) is 3.94. The third-order valence-corrected chi connectivity index (χ3v) is 4.18. The summed E-state index contributed by atoms with van der Waals surface area (Å²) in [7, 11) is -4.03. The van der Waals surface area contributed by atoms with E-state index in [1.807, 2.05) is 13.8 Å². The van der Waals surface area contributed by atoms with Crippen LogP contribution in [0.25, 0.3) is 0 Å². The normalized spacial score (nSPS) is 12.1. The highest BCUT2D eigenvalue weighted by Gasteiger charge is 2.23. The molecule has 0 spiro atoms. The second kappa shape index (κ2) is 5.62. The van der Waals surface area contributed by atoms with Crippen molar-refractivity contribution in [1.82, 2.24) is 4.72 Å². The fourth-order valence-corrected chi connectivity index (χ4v) is 2.99. The Labute approximate surface area is 105 Å². The average molecular weight is 278 g/mol. The minimum absolute atomic E-state index is 0.291. The van der Waals surface area contributed by atoms with E-state index in [0.717, 1.165) is 6.07 Å². The Bertz CT molecular complexity index is 528. The molecule has 0 aliphatic rings. The van der Waals surface area contributed by atoms with Crippen molar-refractivity contribution in [2.75, 3.05) is 5.73 Å². The summed E-state index contributed by atoms with van der Waals surface area (Å²) in [6, 6.07) is 0.965. The van der Waals surface area contributed by atoms with Gasteiger partial charge in [0.25, 0.3) is 0 Å². The molecular weight excluding hydrogens is 262 g/mol. The Morgan fingerprint density at radius 3 is 2.28 bits per heavy atom. The lowest BCUT2D eigenvalue weighted by atomic mass is 10.2. The van der Waals surface area contributed by atoms with Crippen molar-refractivity contribution < 1.29 is 17.2 Å². The zero-order chi connectivity index (χ0) is 13.9. The first-order valence-electron chi connectivity index (χ1n) is 5.58. The predicted molar refractivity (Wildman–Crippen MR) is 65.5 cm³/mol. The van der Waals surface area contributed by atoms with Crippen LogP contribution in [0.5, 0.6) is 0 Å². The SMILES string of the molecule is CCC(CC)NS(=O)(=O)c1cc(N)c(F)cc1F. The van der Waals surface area contributed by atoms with Gasteiger partial charge in [-0.15, -0.1) is 0 Å². The van der Waals surface area contributed by atoms with Gasteiger partial charge in [0.2, 0.25) is 10.0 Å². The molecule has 18 heavy (non-hydrogen) atoms. The lowest BCUT2D eigenvalue weighted by Gasteiger charge is -2.15. The molecule has 3 N–H and O–H groups in total. The van der Waals surface area contributed by atoms with E-state index >= 15 is 0 Å². The van der Waals surface area contributed by atoms with Crippen molar-refractivity contribution >= 4 is 15.7 Å². The first kappa shape index (κ1) is 14.8. The average Bonchev–Trinajstić information content (AvgIpc) is 2.30. The molecule has 0 aliphatic carbocycles. The Kier molecular flexibility index (Phi) is 4.64. The standard InChI is InChI=1S/C11H16F2N2O2S/c1-3-7(4-2)15-18(16,17)11-6-10(14)8(12)5-9(11)13/h5-7,15H,3-4,14H2,1-2H3. The van der Waals surface area contributed by atoms with Gasteiger partial charge in [-0.25, -0.2) is 21.9 Å². The molecule has 0 saturated carbocycles. The van der Waals surface area contributed by atoms with Crippen LogP contribution in [0, 0.1) is 11.6 Å². The maximum absolute atomic E-state index is 13.5. The van der Waals surface area contributed by atoms with Gasteiger partial charge in [0, 0.05) is 12.1 Å². The first-order chi connectivity index (χ1) is 8.31. The number of anilines is 1. The molecule has 0 aromatic heterocycles. The van der Waals surface area contributed by atoms with Gasteiger partial charge in [-0.1, -0.05) is 13.8 Å². The van der Waals surface area contributed by atoms with Crippen molar-refractivity contribution in [3.8, 4) is 0 Å². The summed E-state index contributed by atoms with van der Waals surface area (Å²) in [5, 5.41) is 0. The van der Waals surface area contributed by atoms with Gasteiger partial charge >= 0.3 is 0 Å². The smallest absolute Gasteiger partial charge is 0.243 e. The predicted octanol–water partition coefficient (Wildman–Crippen LogP) is 2.01. The number of benzene rings is 1. The molecule has 1 rings (SSSR count). The van der Waals surface area contributed by atoms with E-state index in [1.165, 1.54) is 0 Å². The van der Waals surface area contributed by atoms with E-state index < -0.39 is 32.2 Å². The minimum atomic E-state index is -4.03. The van der Waals surface area contributed by atoms with Crippen molar-refractivity contribution in [2.24, 2.45) is 0 Å². The summed E-state index contributed by atoms with van der Waals surface area (Å²) < 4.78 is 52.6. The van der Waals surface area contributed by atoms with Crippen LogP contribution >= 0.6 is 0 Å². The zero-order valence-corrected chi connectivity index (χ0v) is 11.0. The molecule has 0 fully saturated rings. The highest BCUT2D eigenvalue weighted by atomic mass is 32.2. The van der Waals surface area contributed by atoms with Crippen LogP contribution in [-0.4, -0.2) is 14.5 Å². The number of nitrogens with one attached hydrogen (secondary N) is 1. The van der Waals surface area contributed by atoms with Crippen LogP contribution in [0.1, 0.15) is 26.7 Å². The van der Waals surface area contributed by atoms with Crippen LogP contribution in [-0.2, 0) is 10.0 Å². The number of hydrogen-bond acceptors (Lipinski definition) is 3. The van der Waals surface area contributed by atoms with E-state index in [-0.39, 0.29) is 6.04 Å². The molecule has 0 amide bonds. The Morgan fingerprint density at radius 1 is 1.22 bits per heavy atom. The Hall–Kier alpha value is -1.21. The van der Waals surface area contributed by atoms with Crippen LogP contribution < -0.4 is 10.5 Å². The van der Waals surface area contributed by atoms with E-state index in [0.29, 0.717) is 18.9 Å². The molecule has 4 nitrogen and oxygen atoms in total. The van der Waals surface area contributed by atoms with Crippen LogP contribution in [0.3, 0.4) is 0 Å². The molecular formula is C11H16F2N2O2S. The van der Waals surface area contributed by atoms with Crippen LogP contribution in [0.4, 0.5) is 14.5 Å². The summed E-state index contributed by atoms with van der Waals surface area (Å²) in [5.41, 5.74) is 4.85. The lowest BCUT2D eigenvalue weighted by molar-refractivity contribution is 0.517. The van der Waals surface area contributed by atoms with Gasteiger partial charge in [0.1, 0.15) is 16.5 Å². The number of rotatable bonds is 5. The minimum Gasteiger partial charge on any atom is -0.396 e. The monoisotopic (exact) mass is 278 g/mol. The van der Waals surface area contributed by atoms with E-state index in [9.17, 15) is 17.2 Å². The lowest BCUT2D eigenvalue weighted by Crippen LogP contribution is -2.34. The number of hydrogen-bond donors (Lipinski definition) is 2. The summed E-state index contributed by atoms with van der Waals surface area (Å²) in [4.78, 5) is -0.631. The Balaban J connectivity index is 3.16. The summed E-state index contributed by atoms with van der Waals surface area (Å²) in [6.07, 6.45) is 1.15. The van der Waals surface area contributed by atoms with Crippen molar-refractivity contribution in [3.05, 3.63) is 23.8 Å². The number of sulfonamides is 1. The molecule has 0 unspecified atom stereocenters. The van der Waals surface area contributed by atoms with Gasteiger partial charge in [-0.2, -0.15) is 0 Å². The van der Waals surface area contributed by atoms with Gasteiger partial charge in [0.05, 0.1) is 5.69 Å². The van der Waals surface area contributed by atoms with E-state index in [1.54, 1.807) is 0 Å². The van der Waals surface area contributed by atoms with E-state index in [4.69, 9.17) is 5.73 Å². The number of nitrogens with two attached hydrogens (primary N) is 1. The Morgan fingerprint density at radius 2 is 1.78 bits per heavy atom. The third-order valence-electron chi connectivity index (χ3n) is 2.65. The number of nitrogen functional groups attached to an aromatic ring is 1. The van der Waals surface area contributed by atoms with Gasteiger partial charge < -0.3 is 5.73 Å². The zero-order valence-electron chi connectivity index (χ0n) is 10.2. The molecule has 1 aromatic rings. The molecule has 1 aromatic carbocycles. The maximum Gasteiger partial charge on any atom is 0.243 e. The fourth-order valence-electron chi connectivity index (χ4n) is 1.49.